The highest BCUT2D eigenvalue weighted by Crippen LogP contribution is 2.34. The second-order valence-electron chi connectivity index (χ2n) is 11.0. The molecule has 3 aromatic rings. The van der Waals surface area contributed by atoms with Crippen molar-refractivity contribution in [1.82, 2.24) is 15.5 Å². The molecule has 216 valence electrons. The van der Waals surface area contributed by atoms with Crippen LogP contribution in [-0.4, -0.2) is 55.0 Å². The summed E-state index contributed by atoms with van der Waals surface area (Å²) in [7, 11) is 0. The lowest BCUT2D eigenvalue weighted by molar-refractivity contribution is -0.120. The third kappa shape index (κ3) is 7.45. The largest absolute Gasteiger partial charge is 0.486 e. The number of para-hydroxylation sites is 2. The average Bonchev–Trinajstić information content (AvgIpc) is 2.98. The topological polar surface area (TPSA) is 91.9 Å². The van der Waals surface area contributed by atoms with Crippen LogP contribution in [0.2, 0.25) is 0 Å². The number of carbonyl (C=O) groups excluding carboxylic acids is 2. The first-order chi connectivity index (χ1) is 20.0. The van der Waals surface area contributed by atoms with Gasteiger partial charge >= 0.3 is 0 Å². The minimum Gasteiger partial charge on any atom is -0.486 e. The van der Waals surface area contributed by atoms with Crippen molar-refractivity contribution in [1.29, 1.82) is 0 Å². The Hall–Kier alpha value is -3.88. The van der Waals surface area contributed by atoms with Crippen LogP contribution in [0.25, 0.3) is 0 Å². The normalized spacial score (nSPS) is 17.8. The highest BCUT2D eigenvalue weighted by Gasteiger charge is 2.30. The number of anilines is 1. The molecule has 0 aromatic heterocycles. The number of carbonyl (C=O) groups is 2. The van der Waals surface area contributed by atoms with Crippen LogP contribution in [0.1, 0.15) is 49.0 Å². The summed E-state index contributed by atoms with van der Waals surface area (Å²) in [6.45, 7) is 7.58. The van der Waals surface area contributed by atoms with Crippen molar-refractivity contribution in [2.75, 3.05) is 31.5 Å². The van der Waals surface area contributed by atoms with E-state index in [4.69, 9.17) is 9.47 Å². The van der Waals surface area contributed by atoms with Crippen LogP contribution >= 0.6 is 0 Å². The fourth-order valence-electron chi connectivity index (χ4n) is 5.33. The van der Waals surface area contributed by atoms with Crippen molar-refractivity contribution in [3.63, 3.8) is 0 Å². The Morgan fingerprint density at radius 2 is 1.71 bits per heavy atom. The number of nitrogens with one attached hydrogen (secondary N) is 3. The third-order valence-electron chi connectivity index (χ3n) is 7.68. The molecule has 2 aliphatic rings. The number of benzene rings is 3. The fraction of sp³-hybridized carbons (Fsp3) is 0.394. The van der Waals surface area contributed by atoms with Crippen molar-refractivity contribution >= 4 is 17.5 Å². The van der Waals surface area contributed by atoms with Crippen LogP contribution in [0, 0.1) is 5.92 Å². The molecule has 0 bridgehead atoms. The first kappa shape index (κ1) is 28.6. The highest BCUT2D eigenvalue weighted by atomic mass is 16.5. The number of amides is 2. The Bertz CT molecular complexity index is 1310. The predicted octanol–water partition coefficient (Wildman–Crippen LogP) is 5.21. The number of ether oxygens (including phenoxy) is 2. The maximum Gasteiger partial charge on any atom is 0.257 e. The summed E-state index contributed by atoms with van der Waals surface area (Å²) in [6, 6.07) is 23.2. The summed E-state index contributed by atoms with van der Waals surface area (Å²) >= 11 is 0. The Balaban J connectivity index is 1.26. The number of hydrogen-bond donors (Lipinski definition) is 3. The lowest BCUT2D eigenvalue weighted by Crippen LogP contribution is -2.43. The molecule has 0 aliphatic carbocycles. The Kier molecular flexibility index (Phi) is 9.54. The van der Waals surface area contributed by atoms with E-state index in [1.165, 1.54) is 0 Å². The minimum atomic E-state index is -0.180. The van der Waals surface area contributed by atoms with Gasteiger partial charge in [0.25, 0.3) is 5.91 Å². The Labute approximate surface area is 242 Å². The summed E-state index contributed by atoms with van der Waals surface area (Å²) in [5.41, 5.74) is 2.18. The van der Waals surface area contributed by atoms with Gasteiger partial charge in [0.05, 0.1) is 11.3 Å². The van der Waals surface area contributed by atoms with Gasteiger partial charge in [0.15, 0.2) is 5.75 Å². The first-order valence-corrected chi connectivity index (χ1v) is 14.6. The van der Waals surface area contributed by atoms with Gasteiger partial charge in [0.1, 0.15) is 17.6 Å². The van der Waals surface area contributed by atoms with Crippen LogP contribution in [0.3, 0.4) is 0 Å². The molecule has 8 heteroatoms. The summed E-state index contributed by atoms with van der Waals surface area (Å²) in [5.74, 6) is 1.91. The standard InChI is InChI=1S/C33H40N4O4/c1-23(2)37-20-17-28(22-35-21-24-11-13-27(14-12-24)40-26-7-4-3-5-8-26)41-31-29(33(37)39)9-6-10-30(31)36-32(38)25-15-18-34-19-16-25/h3-14,23,25,28,34-35H,15-22H2,1-2H3,(H,36,38)/t28-/m0/s1. The van der Waals surface area contributed by atoms with Gasteiger partial charge in [0.2, 0.25) is 5.91 Å². The maximum atomic E-state index is 13.5. The number of piperidine rings is 1. The fourth-order valence-corrected chi connectivity index (χ4v) is 5.33. The number of hydrogen-bond acceptors (Lipinski definition) is 6. The molecule has 8 nitrogen and oxygen atoms in total. The van der Waals surface area contributed by atoms with Gasteiger partial charge in [-0.05, 0) is 81.7 Å². The second-order valence-corrected chi connectivity index (χ2v) is 11.0. The van der Waals surface area contributed by atoms with E-state index in [1.807, 2.05) is 85.5 Å². The van der Waals surface area contributed by atoms with Gasteiger partial charge in [-0.2, -0.15) is 0 Å². The molecule has 2 aliphatic heterocycles. The van der Waals surface area contributed by atoms with Crippen molar-refractivity contribution in [3.05, 3.63) is 83.9 Å². The van der Waals surface area contributed by atoms with E-state index in [1.54, 1.807) is 6.07 Å². The molecule has 0 unspecified atom stereocenters. The van der Waals surface area contributed by atoms with E-state index in [9.17, 15) is 9.59 Å². The molecule has 1 atom stereocenters. The molecule has 3 aromatic carbocycles. The van der Waals surface area contributed by atoms with Crippen molar-refractivity contribution in [2.24, 2.45) is 5.92 Å². The van der Waals surface area contributed by atoms with E-state index in [0.717, 1.165) is 43.0 Å². The van der Waals surface area contributed by atoms with Gasteiger partial charge in [-0.25, -0.2) is 0 Å². The molecule has 5 rings (SSSR count). The molecule has 2 heterocycles. The molecule has 1 saturated heterocycles. The molecule has 1 fully saturated rings. The van der Waals surface area contributed by atoms with Crippen LogP contribution in [0.15, 0.2) is 72.8 Å². The van der Waals surface area contributed by atoms with Gasteiger partial charge in [-0.1, -0.05) is 36.4 Å². The monoisotopic (exact) mass is 556 g/mol. The molecular weight excluding hydrogens is 516 g/mol. The lowest BCUT2D eigenvalue weighted by atomic mass is 9.97. The Morgan fingerprint density at radius 1 is 0.976 bits per heavy atom. The van der Waals surface area contributed by atoms with E-state index in [2.05, 4.69) is 16.0 Å². The van der Waals surface area contributed by atoms with E-state index >= 15 is 0 Å². The zero-order valence-corrected chi connectivity index (χ0v) is 23.9. The van der Waals surface area contributed by atoms with E-state index < -0.39 is 0 Å². The van der Waals surface area contributed by atoms with Crippen LogP contribution in [-0.2, 0) is 11.3 Å². The van der Waals surface area contributed by atoms with Gasteiger partial charge < -0.3 is 30.3 Å². The Morgan fingerprint density at radius 3 is 2.44 bits per heavy atom. The quantitative estimate of drug-likeness (QED) is 0.335. The zero-order chi connectivity index (χ0) is 28.6. The highest BCUT2D eigenvalue weighted by molar-refractivity contribution is 6.02. The molecule has 3 N–H and O–H groups in total. The van der Waals surface area contributed by atoms with E-state index in [0.29, 0.717) is 43.1 Å². The molecule has 41 heavy (non-hydrogen) atoms. The summed E-state index contributed by atoms with van der Waals surface area (Å²) in [5, 5.41) is 9.91. The van der Waals surface area contributed by atoms with Gasteiger partial charge in [-0.15, -0.1) is 0 Å². The van der Waals surface area contributed by atoms with E-state index in [-0.39, 0.29) is 29.9 Å². The molecule has 0 radical (unpaired) electrons. The molecule has 0 spiro atoms. The smallest absolute Gasteiger partial charge is 0.257 e. The molecule has 2 amide bonds. The number of nitrogens with zero attached hydrogens (tertiary/aromatic N) is 1. The molecular formula is C33H40N4O4. The summed E-state index contributed by atoms with van der Waals surface area (Å²) in [6.07, 6.45) is 2.10. The van der Waals surface area contributed by atoms with Crippen LogP contribution in [0.5, 0.6) is 17.2 Å². The van der Waals surface area contributed by atoms with Gasteiger partial charge in [0, 0.05) is 38.0 Å². The SMILES string of the molecule is CC(C)N1CC[C@@H](CNCc2ccc(Oc3ccccc3)cc2)Oc2c(NC(=O)C3CCNCC3)cccc2C1=O. The zero-order valence-electron chi connectivity index (χ0n) is 23.9. The average molecular weight is 557 g/mol. The second kappa shape index (κ2) is 13.7. The lowest BCUT2D eigenvalue weighted by Gasteiger charge is -2.33. The summed E-state index contributed by atoms with van der Waals surface area (Å²) < 4.78 is 12.4. The maximum absolute atomic E-state index is 13.5. The number of fused-ring (bicyclic) bond motifs is 1. The first-order valence-electron chi connectivity index (χ1n) is 14.6. The predicted molar refractivity (Wildman–Crippen MR) is 161 cm³/mol. The van der Waals surface area contributed by atoms with Crippen molar-refractivity contribution < 1.29 is 19.1 Å². The third-order valence-corrected chi connectivity index (χ3v) is 7.68. The van der Waals surface area contributed by atoms with Crippen LogP contribution in [0.4, 0.5) is 5.69 Å². The van der Waals surface area contributed by atoms with Crippen molar-refractivity contribution in [3.8, 4) is 17.2 Å². The minimum absolute atomic E-state index is 0.0203. The summed E-state index contributed by atoms with van der Waals surface area (Å²) in [4.78, 5) is 28.5. The molecule has 0 saturated carbocycles. The number of rotatable bonds is 9. The van der Waals surface area contributed by atoms with Crippen molar-refractivity contribution in [2.45, 2.75) is 51.8 Å². The van der Waals surface area contributed by atoms with Crippen LogP contribution < -0.4 is 25.4 Å². The van der Waals surface area contributed by atoms with Gasteiger partial charge in [-0.3, -0.25) is 9.59 Å².